The molecule has 0 radical (unpaired) electrons. The Morgan fingerprint density at radius 1 is 0.370 bits per heavy atom. The lowest BCUT2D eigenvalue weighted by Gasteiger charge is -2.20. The van der Waals surface area contributed by atoms with Gasteiger partial charge in [-0.1, -0.05) is 188 Å². The average Bonchev–Trinajstić information content (AvgIpc) is 3.79. The molecule has 3 aromatic heterocycles. The second kappa shape index (κ2) is 18.7. The van der Waals surface area contributed by atoms with Gasteiger partial charge in [-0.2, -0.15) is 10.5 Å². The third-order valence-corrected chi connectivity index (χ3v) is 13.1. The summed E-state index contributed by atoms with van der Waals surface area (Å²) in [5, 5.41) is 23.4. The minimum absolute atomic E-state index is 0.376. The van der Waals surface area contributed by atoms with Crippen molar-refractivity contribution in [3.63, 3.8) is 0 Å². The van der Waals surface area contributed by atoms with Crippen LogP contribution in [0.1, 0.15) is 11.1 Å². The molecule has 338 valence electrons. The molecule has 0 N–H and O–H groups in total. The molecule has 9 aromatic carbocycles. The second-order valence-corrected chi connectivity index (χ2v) is 17.5. The molecule has 0 unspecified atom stereocenters. The molecule has 0 saturated heterocycles. The largest absolute Gasteiger partial charge is 0.308 e. The van der Waals surface area contributed by atoms with E-state index < -0.39 is 0 Å². The summed E-state index contributed by atoms with van der Waals surface area (Å²) in [4.78, 5) is 25.3. The predicted octanol–water partition coefficient (Wildman–Crippen LogP) is 16.0. The smallest absolute Gasteiger partial charge is 0.194 e. The van der Waals surface area contributed by atoms with E-state index in [9.17, 15) is 10.5 Å². The molecular weight excluding hydrogens is 893 g/mol. The van der Waals surface area contributed by atoms with E-state index in [1.807, 2.05) is 194 Å². The van der Waals surface area contributed by atoms with E-state index in [0.29, 0.717) is 68.1 Å². The number of rotatable bonds is 9. The topological polar surface area (TPSA) is 108 Å². The summed E-state index contributed by atoms with van der Waals surface area (Å²) in [6.07, 6.45) is 0. The van der Waals surface area contributed by atoms with Crippen molar-refractivity contribution in [2.24, 2.45) is 0 Å². The number of hydrogen-bond acceptors (Lipinski definition) is 6. The first-order valence-electron chi connectivity index (χ1n) is 23.7. The zero-order valence-corrected chi connectivity index (χ0v) is 39.0. The summed E-state index contributed by atoms with van der Waals surface area (Å²) in [6, 6.07) is 80.5. The molecule has 12 aromatic rings. The number of hydrogen-bond donors (Lipinski definition) is 0. The summed E-state index contributed by atoms with van der Waals surface area (Å²) >= 11 is 0. The lowest BCUT2D eigenvalue weighted by Crippen LogP contribution is -2.06. The van der Waals surface area contributed by atoms with E-state index in [1.165, 1.54) is 0 Å². The molecule has 0 amide bonds. The Bertz CT molecular complexity index is 3840. The van der Waals surface area contributed by atoms with Gasteiger partial charge in [-0.15, -0.1) is 0 Å². The first-order chi connectivity index (χ1) is 36.0. The Morgan fingerprint density at radius 3 is 1.37 bits per heavy atom. The highest BCUT2D eigenvalue weighted by Gasteiger charge is 2.26. The third kappa shape index (κ3) is 8.12. The van der Waals surface area contributed by atoms with Crippen LogP contribution in [-0.2, 0) is 0 Å². The Hall–Kier alpha value is -10.6. The maximum Gasteiger partial charge on any atom is 0.194 e. The molecule has 12 rings (SSSR count). The van der Waals surface area contributed by atoms with Gasteiger partial charge in [0.25, 0.3) is 0 Å². The zero-order chi connectivity index (χ0) is 49.3. The minimum Gasteiger partial charge on any atom is -0.308 e. The van der Waals surface area contributed by atoms with Gasteiger partial charge in [0.2, 0.25) is 0 Å². The first kappa shape index (κ1) is 43.7. The molecule has 0 fully saturated rings. The standard InChI is InChI=1S/C65H38N8/c1-68-56-29-17-16-28-51(56)48-31-33-53-52-32-30-47(50-27-15-14-26-49(50)41-67)36-61(52)73(62(53)37-48)63-54(60-39-59(45-22-10-4-11-23-45)69-64(72-60)46-24-12-5-13-25-46)34-42(40-66)35-55(63)65-70-57(43-18-6-2-7-19-43)38-58(71-65)44-20-8-3-9-21-44/h2-39H. The van der Waals surface area contributed by atoms with E-state index in [2.05, 4.69) is 57.9 Å². The minimum atomic E-state index is 0.376. The van der Waals surface area contributed by atoms with E-state index >= 15 is 0 Å². The molecule has 0 aliphatic heterocycles. The van der Waals surface area contributed by atoms with E-state index in [1.54, 1.807) is 0 Å². The zero-order valence-electron chi connectivity index (χ0n) is 39.0. The van der Waals surface area contributed by atoms with Crippen molar-refractivity contribution in [3.8, 4) is 108 Å². The molecule has 0 aliphatic rings. The van der Waals surface area contributed by atoms with Crippen LogP contribution in [0.5, 0.6) is 0 Å². The fourth-order valence-corrected chi connectivity index (χ4v) is 9.69. The van der Waals surface area contributed by atoms with Crippen LogP contribution in [0.15, 0.2) is 231 Å². The molecule has 73 heavy (non-hydrogen) atoms. The van der Waals surface area contributed by atoms with Crippen molar-refractivity contribution in [2.75, 3.05) is 0 Å². The highest BCUT2D eigenvalue weighted by molar-refractivity contribution is 6.12. The summed E-state index contributed by atoms with van der Waals surface area (Å²) in [6.45, 7) is 8.15. The lowest BCUT2D eigenvalue weighted by atomic mass is 9.97. The monoisotopic (exact) mass is 930 g/mol. The number of nitrogens with zero attached hydrogens (tertiary/aromatic N) is 8. The molecule has 3 heterocycles. The van der Waals surface area contributed by atoms with Crippen molar-refractivity contribution < 1.29 is 0 Å². The molecule has 8 heteroatoms. The van der Waals surface area contributed by atoms with Crippen molar-refractivity contribution in [3.05, 3.63) is 253 Å². The SMILES string of the molecule is [C-]#[N+]c1ccccc1-c1ccc2c3ccc(-c4ccccc4C#N)cc3n(-c3c(-c4cc(-c5ccccc5)nc(-c5ccccc5)n4)cc(C#N)cc3-c3nc(-c4ccccc4)cc(-c4ccccc4)n3)c2c1. The molecule has 0 saturated carbocycles. The maximum atomic E-state index is 11.1. The first-order valence-corrected chi connectivity index (χ1v) is 23.7. The number of nitriles is 2. The molecule has 0 aliphatic carbocycles. The van der Waals surface area contributed by atoms with Gasteiger partial charge in [-0.3, -0.25) is 0 Å². The third-order valence-electron chi connectivity index (χ3n) is 13.1. The number of fused-ring (bicyclic) bond motifs is 3. The fraction of sp³-hybridized carbons (Fsp3) is 0. The van der Waals surface area contributed by atoms with E-state index in [4.69, 9.17) is 26.5 Å². The Kier molecular flexibility index (Phi) is 11.2. The molecular formula is C65H38N8. The summed E-state index contributed by atoms with van der Waals surface area (Å²) in [5.74, 6) is 0.904. The van der Waals surface area contributed by atoms with Crippen LogP contribution in [0.2, 0.25) is 0 Å². The van der Waals surface area contributed by atoms with Crippen LogP contribution < -0.4 is 0 Å². The predicted molar refractivity (Wildman–Crippen MR) is 291 cm³/mol. The van der Waals surface area contributed by atoms with Gasteiger partial charge in [0, 0.05) is 44.2 Å². The van der Waals surface area contributed by atoms with Gasteiger partial charge in [0.15, 0.2) is 17.3 Å². The summed E-state index contributed by atoms with van der Waals surface area (Å²) in [5.41, 5.74) is 14.5. The molecule has 8 nitrogen and oxygen atoms in total. The number of aromatic nitrogens is 5. The van der Waals surface area contributed by atoms with Gasteiger partial charge in [0.1, 0.15) is 0 Å². The van der Waals surface area contributed by atoms with Crippen molar-refractivity contribution >= 4 is 27.5 Å². The van der Waals surface area contributed by atoms with Gasteiger partial charge in [0.05, 0.1) is 69.3 Å². The van der Waals surface area contributed by atoms with Crippen LogP contribution in [0.4, 0.5) is 5.69 Å². The van der Waals surface area contributed by atoms with E-state index in [-0.39, 0.29) is 0 Å². The normalized spacial score (nSPS) is 11.0. The summed E-state index contributed by atoms with van der Waals surface area (Å²) < 4.78 is 2.23. The molecule has 0 atom stereocenters. The van der Waals surface area contributed by atoms with Crippen molar-refractivity contribution in [1.29, 1.82) is 10.5 Å². The summed E-state index contributed by atoms with van der Waals surface area (Å²) in [7, 11) is 0. The Morgan fingerprint density at radius 2 is 0.822 bits per heavy atom. The quantitative estimate of drug-likeness (QED) is 0.133. The van der Waals surface area contributed by atoms with E-state index in [0.717, 1.165) is 66.3 Å². The van der Waals surface area contributed by atoms with Gasteiger partial charge >= 0.3 is 0 Å². The second-order valence-electron chi connectivity index (χ2n) is 17.5. The van der Waals surface area contributed by atoms with Crippen LogP contribution >= 0.6 is 0 Å². The van der Waals surface area contributed by atoms with Crippen molar-refractivity contribution in [1.82, 2.24) is 24.5 Å². The average molecular weight is 931 g/mol. The van der Waals surface area contributed by atoms with Crippen LogP contribution in [0.25, 0.3) is 122 Å². The van der Waals surface area contributed by atoms with Crippen LogP contribution in [-0.4, -0.2) is 24.5 Å². The Labute approximate surface area is 421 Å². The maximum absolute atomic E-state index is 11.1. The fourth-order valence-electron chi connectivity index (χ4n) is 9.69. The highest BCUT2D eigenvalue weighted by Crippen LogP contribution is 2.45. The Balaban J connectivity index is 1.27. The number of para-hydroxylation sites is 1. The van der Waals surface area contributed by atoms with Crippen LogP contribution in [0, 0.1) is 29.2 Å². The van der Waals surface area contributed by atoms with Gasteiger partial charge in [-0.05, 0) is 64.7 Å². The van der Waals surface area contributed by atoms with Gasteiger partial charge < -0.3 is 4.57 Å². The molecule has 0 bridgehead atoms. The highest BCUT2D eigenvalue weighted by atomic mass is 15.0. The van der Waals surface area contributed by atoms with Crippen LogP contribution in [0.3, 0.4) is 0 Å². The number of benzene rings is 9. The van der Waals surface area contributed by atoms with Gasteiger partial charge in [-0.25, -0.2) is 24.8 Å². The van der Waals surface area contributed by atoms with Crippen molar-refractivity contribution in [2.45, 2.75) is 0 Å². The lowest BCUT2D eigenvalue weighted by molar-refractivity contribution is 1.13. The molecule has 0 spiro atoms.